The summed E-state index contributed by atoms with van der Waals surface area (Å²) in [5, 5.41) is 13.8. The predicted molar refractivity (Wildman–Crippen MR) is 324 cm³/mol. The van der Waals surface area contributed by atoms with Gasteiger partial charge in [-0.1, -0.05) is 127 Å². The summed E-state index contributed by atoms with van der Waals surface area (Å²) < 4.78 is 32.9. The van der Waals surface area contributed by atoms with Gasteiger partial charge in [-0.2, -0.15) is 10.2 Å². The standard InChI is InChI=1S/C42H34N6OS.C23H20N6OS/c1-46(2)40-24-23-31(26-43-40)32-25-38-39(30-47(41(38)44-27-32)50(49)37-21-13-6-14-22-37)33-28-45-48(29-33)42(34-15-7-3-8-16-34,35-17-9-4-10-18-35)36-19-11-5-12-20-36;1-28(2)22-9-8-16(11-24-22)17-10-20-21(18-13-26-27-14-18)15-29(23(20)25-12-17)31(30)19-6-4-3-5-7-19/h3-30H,1-2H3;3-15H,1-2H3,(H,26,27). The molecule has 0 saturated carbocycles. The van der Waals surface area contributed by atoms with Crippen LogP contribution in [0.5, 0.6) is 0 Å². The van der Waals surface area contributed by atoms with Crippen LogP contribution in [0.4, 0.5) is 11.6 Å². The van der Waals surface area contributed by atoms with Gasteiger partial charge in [0.1, 0.15) is 17.2 Å². The second kappa shape index (κ2) is 22.5. The Morgan fingerprint density at radius 2 is 0.827 bits per heavy atom. The lowest BCUT2D eigenvalue weighted by Crippen LogP contribution is -2.38. The summed E-state index contributed by atoms with van der Waals surface area (Å²) in [6.07, 6.45) is 18.7. The molecule has 5 aromatic carbocycles. The SMILES string of the molecule is CN(C)c1ccc(-c2cnc3c(c2)c(-c2cn[nH]c2)cn3S(=O)c2ccccc2)cn1.CN(C)c1ccc(-c2cnc3c(c2)c(-c2cnn(C(c4ccccc4)(c4ccccc4)c4ccccc4)c2)cn3S(=O)c2ccccc2)cn1. The van der Waals surface area contributed by atoms with Crippen LogP contribution in [0.15, 0.2) is 260 Å². The molecule has 0 amide bonds. The van der Waals surface area contributed by atoms with Crippen LogP contribution in [-0.2, 0) is 27.5 Å². The molecule has 0 aliphatic carbocycles. The molecule has 14 nitrogen and oxygen atoms in total. The molecule has 2 unspecified atom stereocenters. The smallest absolute Gasteiger partial charge is 0.158 e. The molecular formula is C65H54N12O2S2. The van der Waals surface area contributed by atoms with Gasteiger partial charge in [0.05, 0.1) is 22.2 Å². The molecule has 13 aromatic rings. The lowest BCUT2D eigenvalue weighted by molar-refractivity contribution is 0.460. The lowest BCUT2D eigenvalue weighted by atomic mass is 9.77. The fourth-order valence-corrected chi connectivity index (χ4v) is 12.4. The van der Waals surface area contributed by atoms with E-state index in [2.05, 4.69) is 122 Å². The molecule has 1 N–H and O–H groups in total. The van der Waals surface area contributed by atoms with E-state index in [-0.39, 0.29) is 0 Å². The molecule has 8 heterocycles. The summed E-state index contributed by atoms with van der Waals surface area (Å²) in [6.45, 7) is 0. The second-order valence-electron chi connectivity index (χ2n) is 19.6. The van der Waals surface area contributed by atoms with E-state index in [1.165, 1.54) is 0 Å². The van der Waals surface area contributed by atoms with E-state index in [0.29, 0.717) is 21.1 Å². The molecule has 0 fully saturated rings. The van der Waals surface area contributed by atoms with Gasteiger partial charge in [-0.15, -0.1) is 0 Å². The van der Waals surface area contributed by atoms with Crippen molar-refractivity contribution in [2.24, 2.45) is 0 Å². The van der Waals surface area contributed by atoms with Crippen molar-refractivity contribution < 1.29 is 8.42 Å². The van der Waals surface area contributed by atoms with E-state index in [4.69, 9.17) is 15.1 Å². The summed E-state index contributed by atoms with van der Waals surface area (Å²) in [5.41, 5.74) is 11.1. The summed E-state index contributed by atoms with van der Waals surface area (Å²) in [7, 11) is 4.93. The topological polar surface area (TPSA) is 149 Å². The third kappa shape index (κ3) is 10.0. The van der Waals surface area contributed by atoms with Crippen LogP contribution in [0, 0.1) is 0 Å². The largest absolute Gasteiger partial charge is 0.363 e. The molecule has 398 valence electrons. The second-order valence-corrected chi connectivity index (χ2v) is 22.3. The van der Waals surface area contributed by atoms with Crippen molar-refractivity contribution in [1.29, 1.82) is 0 Å². The van der Waals surface area contributed by atoms with Crippen molar-refractivity contribution in [2.75, 3.05) is 38.0 Å². The number of hydrogen-bond acceptors (Lipinski definition) is 10. The number of benzene rings is 5. The van der Waals surface area contributed by atoms with Crippen molar-refractivity contribution in [1.82, 2.24) is 47.9 Å². The number of fused-ring (bicyclic) bond motifs is 2. The average Bonchev–Trinajstić information content (AvgIpc) is 4.54. The maximum Gasteiger partial charge on any atom is 0.158 e. The first-order valence-corrected chi connectivity index (χ1v) is 28.3. The third-order valence-electron chi connectivity index (χ3n) is 14.2. The molecule has 0 aliphatic heterocycles. The van der Waals surface area contributed by atoms with E-state index >= 15 is 0 Å². The van der Waals surface area contributed by atoms with Crippen LogP contribution in [0.3, 0.4) is 0 Å². The van der Waals surface area contributed by atoms with Gasteiger partial charge in [-0.3, -0.25) is 9.78 Å². The Bertz CT molecular complexity index is 4210. The molecule has 16 heteroatoms. The summed E-state index contributed by atoms with van der Waals surface area (Å²) in [5.74, 6) is 1.76. The summed E-state index contributed by atoms with van der Waals surface area (Å²) in [6, 6.07) is 62.5. The highest BCUT2D eigenvalue weighted by molar-refractivity contribution is 7.84. The van der Waals surface area contributed by atoms with Crippen molar-refractivity contribution in [3.63, 3.8) is 0 Å². The lowest BCUT2D eigenvalue weighted by Gasteiger charge is -2.36. The van der Waals surface area contributed by atoms with E-state index in [1.54, 1.807) is 20.3 Å². The number of hydrogen-bond donors (Lipinski definition) is 1. The van der Waals surface area contributed by atoms with E-state index < -0.39 is 27.5 Å². The number of rotatable bonds is 14. The van der Waals surface area contributed by atoms with E-state index in [1.807, 2.05) is 178 Å². The highest BCUT2D eigenvalue weighted by atomic mass is 32.2. The maximum absolute atomic E-state index is 14.1. The van der Waals surface area contributed by atoms with Gasteiger partial charge in [0.25, 0.3) is 0 Å². The Balaban J connectivity index is 0.000000180. The first-order chi connectivity index (χ1) is 39.6. The molecule has 0 spiro atoms. The third-order valence-corrected chi connectivity index (χ3v) is 16.8. The van der Waals surface area contributed by atoms with E-state index in [0.717, 1.165) is 83.6 Å². The fourth-order valence-electron chi connectivity index (χ4n) is 10.1. The molecule has 13 rings (SSSR count). The molecule has 2 atom stereocenters. The first-order valence-electron chi connectivity index (χ1n) is 26.1. The minimum Gasteiger partial charge on any atom is -0.363 e. The zero-order valence-electron chi connectivity index (χ0n) is 44.7. The zero-order chi connectivity index (χ0) is 55.5. The number of nitrogens with zero attached hydrogens (tertiary/aromatic N) is 11. The van der Waals surface area contributed by atoms with Crippen molar-refractivity contribution in [3.05, 3.63) is 267 Å². The molecule has 0 saturated heterocycles. The molecule has 0 aliphatic rings. The number of anilines is 2. The molecule has 0 radical (unpaired) electrons. The quantitative estimate of drug-likeness (QED) is 0.104. The first kappa shape index (κ1) is 51.8. The van der Waals surface area contributed by atoms with Crippen molar-refractivity contribution >= 4 is 55.7 Å². The molecule has 81 heavy (non-hydrogen) atoms. The van der Waals surface area contributed by atoms with Crippen molar-refractivity contribution in [2.45, 2.75) is 15.3 Å². The Kier molecular flexibility index (Phi) is 14.4. The van der Waals surface area contributed by atoms with Crippen LogP contribution in [0.25, 0.3) is 66.6 Å². The summed E-state index contributed by atoms with van der Waals surface area (Å²) in [4.78, 5) is 24.1. The van der Waals surface area contributed by atoms with Crippen LogP contribution < -0.4 is 9.80 Å². The van der Waals surface area contributed by atoms with Gasteiger partial charge in [-0.05, 0) is 77.4 Å². The monoisotopic (exact) mass is 1100 g/mol. The fraction of sp³-hybridized carbons (Fsp3) is 0.0769. The highest BCUT2D eigenvalue weighted by Gasteiger charge is 2.39. The predicted octanol–water partition coefficient (Wildman–Crippen LogP) is 12.6. The van der Waals surface area contributed by atoms with Crippen molar-refractivity contribution in [3.8, 4) is 44.5 Å². The number of nitrogens with one attached hydrogen (secondary N) is 1. The van der Waals surface area contributed by atoms with Crippen LogP contribution >= 0.6 is 0 Å². The molecule has 8 aromatic heterocycles. The Hall–Kier alpha value is -9.90. The minimum absolute atomic E-state index is 0.622. The Morgan fingerprint density at radius 3 is 1.21 bits per heavy atom. The Morgan fingerprint density at radius 1 is 0.420 bits per heavy atom. The highest BCUT2D eigenvalue weighted by Crippen LogP contribution is 2.43. The normalized spacial score (nSPS) is 12.2. The van der Waals surface area contributed by atoms with Gasteiger partial charge >= 0.3 is 0 Å². The molecule has 0 bridgehead atoms. The van der Waals surface area contributed by atoms with Gasteiger partial charge in [0.15, 0.2) is 33.3 Å². The average molecular weight is 1100 g/mol. The van der Waals surface area contributed by atoms with Crippen LogP contribution in [0.2, 0.25) is 0 Å². The van der Waals surface area contributed by atoms with Gasteiger partial charge in [0.2, 0.25) is 0 Å². The summed E-state index contributed by atoms with van der Waals surface area (Å²) >= 11 is 0. The van der Waals surface area contributed by atoms with Gasteiger partial charge < -0.3 is 9.80 Å². The zero-order valence-corrected chi connectivity index (χ0v) is 46.4. The number of aromatic nitrogens is 10. The van der Waals surface area contributed by atoms with Gasteiger partial charge in [-0.25, -0.2) is 36.3 Å². The van der Waals surface area contributed by atoms with Gasteiger partial charge in [0, 0.05) is 133 Å². The Labute approximate surface area is 473 Å². The van der Waals surface area contributed by atoms with Crippen LogP contribution in [-0.4, -0.2) is 84.5 Å². The molecular weight excluding hydrogens is 1040 g/mol. The minimum atomic E-state index is -1.52. The van der Waals surface area contributed by atoms with Crippen LogP contribution in [0.1, 0.15) is 16.7 Å². The number of pyridine rings is 4. The maximum atomic E-state index is 14.1. The van der Waals surface area contributed by atoms with E-state index in [9.17, 15) is 8.42 Å². The number of H-pyrrole nitrogens is 1. The number of aromatic amines is 1.